The zero-order chi connectivity index (χ0) is 18.3. The highest BCUT2D eigenvalue weighted by molar-refractivity contribution is 5.88. The molecule has 2 amide bonds. The number of amides is 2. The summed E-state index contributed by atoms with van der Waals surface area (Å²) in [4.78, 5) is 16.0. The molecule has 5 heteroatoms. The van der Waals surface area contributed by atoms with Gasteiger partial charge in [-0.3, -0.25) is 5.32 Å². The number of hydrogen-bond donors (Lipinski definition) is 2. The van der Waals surface area contributed by atoms with Gasteiger partial charge in [0.05, 0.1) is 6.61 Å². The van der Waals surface area contributed by atoms with Crippen molar-refractivity contribution in [2.24, 2.45) is 0 Å². The Morgan fingerprint density at radius 3 is 2.48 bits per heavy atom. The number of nitrogens with zero attached hydrogens (tertiary/aromatic N) is 1. The van der Waals surface area contributed by atoms with Crippen LogP contribution in [0.2, 0.25) is 0 Å². The number of aryl methyl sites for hydroxylation is 1. The SMILES string of the molecule is Cc1cccc(NC(=O)NCCCOc2ccc(C(C)(C)C)cc2)n1. The zero-order valence-electron chi connectivity index (χ0n) is 15.4. The summed E-state index contributed by atoms with van der Waals surface area (Å²) in [5.41, 5.74) is 2.29. The summed E-state index contributed by atoms with van der Waals surface area (Å²) in [5.74, 6) is 1.40. The van der Waals surface area contributed by atoms with Crippen molar-refractivity contribution in [3.8, 4) is 5.75 Å². The van der Waals surface area contributed by atoms with E-state index < -0.39 is 0 Å². The van der Waals surface area contributed by atoms with Crippen LogP contribution in [0.3, 0.4) is 0 Å². The molecular formula is C20H27N3O2. The van der Waals surface area contributed by atoms with Crippen LogP contribution in [0.1, 0.15) is 38.4 Å². The number of hydrogen-bond acceptors (Lipinski definition) is 3. The minimum atomic E-state index is -0.257. The van der Waals surface area contributed by atoms with Gasteiger partial charge in [-0.15, -0.1) is 0 Å². The molecule has 134 valence electrons. The van der Waals surface area contributed by atoms with Gasteiger partial charge in [0.2, 0.25) is 0 Å². The topological polar surface area (TPSA) is 63.2 Å². The Morgan fingerprint density at radius 1 is 1.12 bits per heavy atom. The molecule has 2 rings (SSSR count). The van der Waals surface area contributed by atoms with Crippen molar-refractivity contribution in [3.63, 3.8) is 0 Å². The lowest BCUT2D eigenvalue weighted by Crippen LogP contribution is -2.30. The maximum Gasteiger partial charge on any atom is 0.320 e. The number of aromatic nitrogens is 1. The van der Waals surface area contributed by atoms with Crippen molar-refractivity contribution < 1.29 is 9.53 Å². The number of ether oxygens (including phenoxy) is 1. The van der Waals surface area contributed by atoms with E-state index >= 15 is 0 Å². The largest absolute Gasteiger partial charge is 0.494 e. The predicted molar refractivity (Wildman–Crippen MR) is 101 cm³/mol. The molecule has 1 heterocycles. The maximum atomic E-state index is 11.8. The summed E-state index contributed by atoms with van der Waals surface area (Å²) < 4.78 is 5.71. The van der Waals surface area contributed by atoms with Crippen LogP contribution in [0.4, 0.5) is 10.6 Å². The lowest BCUT2D eigenvalue weighted by atomic mass is 9.87. The van der Waals surface area contributed by atoms with Gasteiger partial charge in [-0.05, 0) is 48.6 Å². The normalized spacial score (nSPS) is 11.0. The van der Waals surface area contributed by atoms with E-state index in [1.807, 2.05) is 31.2 Å². The van der Waals surface area contributed by atoms with Crippen molar-refractivity contribution >= 4 is 11.8 Å². The van der Waals surface area contributed by atoms with E-state index in [0.29, 0.717) is 19.0 Å². The monoisotopic (exact) mass is 341 g/mol. The van der Waals surface area contributed by atoms with Gasteiger partial charge in [-0.1, -0.05) is 39.0 Å². The zero-order valence-corrected chi connectivity index (χ0v) is 15.4. The molecule has 0 saturated carbocycles. The van der Waals surface area contributed by atoms with Gasteiger partial charge < -0.3 is 10.1 Å². The molecule has 0 bridgehead atoms. The van der Waals surface area contributed by atoms with Gasteiger partial charge >= 0.3 is 6.03 Å². The molecule has 0 fully saturated rings. The Hall–Kier alpha value is -2.56. The lowest BCUT2D eigenvalue weighted by molar-refractivity contribution is 0.250. The fraction of sp³-hybridized carbons (Fsp3) is 0.400. The summed E-state index contributed by atoms with van der Waals surface area (Å²) in [6.07, 6.45) is 0.732. The quantitative estimate of drug-likeness (QED) is 0.771. The summed E-state index contributed by atoms with van der Waals surface area (Å²) in [6, 6.07) is 13.4. The van der Waals surface area contributed by atoms with Crippen LogP contribution >= 0.6 is 0 Å². The average molecular weight is 341 g/mol. The van der Waals surface area contributed by atoms with Crippen molar-refractivity contribution in [2.45, 2.75) is 39.5 Å². The number of anilines is 1. The Kier molecular flexibility index (Phi) is 6.39. The third-order valence-corrected chi connectivity index (χ3v) is 3.73. The van der Waals surface area contributed by atoms with Crippen molar-refractivity contribution in [3.05, 3.63) is 53.7 Å². The van der Waals surface area contributed by atoms with Crippen LogP contribution in [-0.2, 0) is 5.41 Å². The van der Waals surface area contributed by atoms with Crippen LogP contribution in [0, 0.1) is 6.92 Å². The van der Waals surface area contributed by atoms with E-state index in [1.165, 1.54) is 5.56 Å². The number of benzene rings is 1. The van der Waals surface area contributed by atoms with E-state index in [2.05, 4.69) is 48.5 Å². The van der Waals surface area contributed by atoms with Gasteiger partial charge in [0.15, 0.2) is 0 Å². The molecule has 0 radical (unpaired) electrons. The van der Waals surface area contributed by atoms with Gasteiger partial charge in [0, 0.05) is 12.2 Å². The van der Waals surface area contributed by atoms with E-state index in [9.17, 15) is 4.79 Å². The Balaban J connectivity index is 1.65. The highest BCUT2D eigenvalue weighted by Gasteiger charge is 2.12. The summed E-state index contributed by atoms with van der Waals surface area (Å²) >= 11 is 0. The fourth-order valence-corrected chi connectivity index (χ4v) is 2.29. The molecule has 0 aliphatic carbocycles. The van der Waals surface area contributed by atoms with Crippen LogP contribution in [-0.4, -0.2) is 24.2 Å². The highest BCUT2D eigenvalue weighted by atomic mass is 16.5. The molecule has 0 atom stereocenters. The predicted octanol–water partition coefficient (Wildman–Crippen LogP) is 4.28. The lowest BCUT2D eigenvalue weighted by Gasteiger charge is -2.19. The molecule has 1 aromatic heterocycles. The number of carbonyl (C=O) groups is 1. The minimum Gasteiger partial charge on any atom is -0.494 e. The van der Waals surface area contributed by atoms with Gasteiger partial charge in [0.1, 0.15) is 11.6 Å². The second kappa shape index (κ2) is 8.51. The Bertz CT molecular complexity index is 691. The van der Waals surface area contributed by atoms with Crippen LogP contribution in [0.15, 0.2) is 42.5 Å². The average Bonchev–Trinajstić information content (AvgIpc) is 2.54. The molecular weight excluding hydrogens is 314 g/mol. The Labute approximate surface area is 149 Å². The van der Waals surface area contributed by atoms with Crippen molar-refractivity contribution in [1.82, 2.24) is 10.3 Å². The maximum absolute atomic E-state index is 11.8. The minimum absolute atomic E-state index is 0.141. The molecule has 2 N–H and O–H groups in total. The molecule has 0 spiro atoms. The molecule has 1 aromatic carbocycles. The molecule has 2 aromatic rings. The Morgan fingerprint density at radius 2 is 1.84 bits per heavy atom. The smallest absolute Gasteiger partial charge is 0.320 e. The number of nitrogens with one attached hydrogen (secondary N) is 2. The van der Waals surface area contributed by atoms with Crippen LogP contribution in [0.25, 0.3) is 0 Å². The third-order valence-electron chi connectivity index (χ3n) is 3.73. The summed E-state index contributed by atoms with van der Waals surface area (Å²) in [5, 5.41) is 5.51. The van der Waals surface area contributed by atoms with Crippen LogP contribution < -0.4 is 15.4 Å². The fourth-order valence-electron chi connectivity index (χ4n) is 2.29. The van der Waals surface area contributed by atoms with Gasteiger partial charge in [-0.25, -0.2) is 9.78 Å². The number of rotatable bonds is 6. The molecule has 0 unspecified atom stereocenters. The molecule has 5 nitrogen and oxygen atoms in total. The van der Waals surface area contributed by atoms with E-state index in [-0.39, 0.29) is 11.4 Å². The first-order valence-electron chi connectivity index (χ1n) is 8.56. The molecule has 0 saturated heterocycles. The number of pyridine rings is 1. The van der Waals surface area contributed by atoms with Crippen molar-refractivity contribution in [2.75, 3.05) is 18.5 Å². The first kappa shape index (κ1) is 18.8. The van der Waals surface area contributed by atoms with Crippen molar-refractivity contribution in [1.29, 1.82) is 0 Å². The highest BCUT2D eigenvalue weighted by Crippen LogP contribution is 2.24. The third kappa shape index (κ3) is 6.45. The summed E-state index contributed by atoms with van der Waals surface area (Å²) in [7, 11) is 0. The molecule has 0 aliphatic heterocycles. The first-order valence-corrected chi connectivity index (χ1v) is 8.56. The number of urea groups is 1. The van der Waals surface area contributed by atoms with E-state index in [4.69, 9.17) is 4.74 Å². The van der Waals surface area contributed by atoms with Gasteiger partial charge in [-0.2, -0.15) is 0 Å². The first-order chi connectivity index (χ1) is 11.8. The molecule has 25 heavy (non-hydrogen) atoms. The standard InChI is InChI=1S/C20H27N3O2/c1-15-7-5-8-18(22-15)23-19(24)21-13-6-14-25-17-11-9-16(10-12-17)20(2,3)4/h5,7-12H,6,13-14H2,1-4H3,(H2,21,22,23,24). The molecule has 0 aliphatic rings. The number of carbonyl (C=O) groups excluding carboxylic acids is 1. The van der Waals surface area contributed by atoms with E-state index in [0.717, 1.165) is 17.9 Å². The summed E-state index contributed by atoms with van der Waals surface area (Å²) in [6.45, 7) is 9.54. The second-order valence-electron chi connectivity index (χ2n) is 7.02. The second-order valence-corrected chi connectivity index (χ2v) is 7.02. The van der Waals surface area contributed by atoms with Crippen LogP contribution in [0.5, 0.6) is 5.75 Å². The van der Waals surface area contributed by atoms with E-state index in [1.54, 1.807) is 6.07 Å². The van der Waals surface area contributed by atoms with Gasteiger partial charge in [0.25, 0.3) is 0 Å².